The second-order valence-corrected chi connectivity index (χ2v) is 6.45. The minimum absolute atomic E-state index is 0.0449. The standard InChI is InChI=1S/C21H29FN4O2/c1-6-23-21(25-17-10-11-19(27-4)20(13-17)28-5)24-14-18(26(2)3)15-8-7-9-16(22)12-15/h7-13,18H,6,14H2,1-5H3,(H2,23,24,25). The van der Waals surface area contributed by atoms with Gasteiger partial charge in [-0.2, -0.15) is 0 Å². The fraction of sp³-hybridized carbons (Fsp3) is 0.381. The Morgan fingerprint density at radius 2 is 1.86 bits per heavy atom. The number of nitrogens with zero attached hydrogens (tertiary/aromatic N) is 2. The molecule has 6 nitrogen and oxygen atoms in total. The Kier molecular flexibility index (Phi) is 8.07. The SMILES string of the molecule is CCNC(=NCC(c1cccc(F)c1)N(C)C)Nc1ccc(OC)c(OC)c1. The van der Waals surface area contributed by atoms with Gasteiger partial charge in [-0.25, -0.2) is 4.39 Å². The van der Waals surface area contributed by atoms with Gasteiger partial charge in [0.25, 0.3) is 0 Å². The summed E-state index contributed by atoms with van der Waals surface area (Å²) in [6, 6.07) is 12.2. The summed E-state index contributed by atoms with van der Waals surface area (Å²) < 4.78 is 24.3. The maximum Gasteiger partial charge on any atom is 0.195 e. The number of rotatable bonds is 8. The Labute approximate surface area is 166 Å². The molecule has 0 aliphatic rings. The summed E-state index contributed by atoms with van der Waals surface area (Å²) in [7, 11) is 7.12. The second kappa shape index (κ2) is 10.5. The predicted octanol–water partition coefficient (Wildman–Crippen LogP) is 3.52. The molecule has 1 unspecified atom stereocenters. The highest BCUT2D eigenvalue weighted by molar-refractivity contribution is 5.93. The van der Waals surface area contributed by atoms with Crippen molar-refractivity contribution in [2.45, 2.75) is 13.0 Å². The van der Waals surface area contributed by atoms with Crippen LogP contribution in [0.3, 0.4) is 0 Å². The highest BCUT2D eigenvalue weighted by Crippen LogP contribution is 2.29. The number of guanidine groups is 1. The number of hydrogen-bond donors (Lipinski definition) is 2. The minimum atomic E-state index is -0.247. The van der Waals surface area contributed by atoms with E-state index in [2.05, 4.69) is 10.6 Å². The Morgan fingerprint density at radius 1 is 1.11 bits per heavy atom. The summed E-state index contributed by atoms with van der Waals surface area (Å²) in [5, 5.41) is 6.50. The van der Waals surface area contributed by atoms with Crippen LogP contribution in [0.25, 0.3) is 0 Å². The minimum Gasteiger partial charge on any atom is -0.493 e. The zero-order valence-corrected chi connectivity index (χ0v) is 17.1. The van der Waals surface area contributed by atoms with Crippen molar-refractivity contribution in [2.75, 3.05) is 46.7 Å². The van der Waals surface area contributed by atoms with Crippen LogP contribution in [0.15, 0.2) is 47.5 Å². The van der Waals surface area contributed by atoms with Crippen LogP contribution in [0.5, 0.6) is 11.5 Å². The van der Waals surface area contributed by atoms with Crippen molar-refractivity contribution in [1.29, 1.82) is 0 Å². The van der Waals surface area contributed by atoms with E-state index < -0.39 is 0 Å². The largest absolute Gasteiger partial charge is 0.493 e. The molecule has 152 valence electrons. The molecule has 0 heterocycles. The van der Waals surface area contributed by atoms with E-state index in [0.29, 0.717) is 30.5 Å². The molecule has 1 atom stereocenters. The molecule has 2 aromatic carbocycles. The first-order chi connectivity index (χ1) is 13.5. The highest BCUT2D eigenvalue weighted by atomic mass is 19.1. The van der Waals surface area contributed by atoms with E-state index in [1.54, 1.807) is 26.4 Å². The molecule has 0 amide bonds. The van der Waals surface area contributed by atoms with Crippen molar-refractivity contribution in [1.82, 2.24) is 10.2 Å². The van der Waals surface area contributed by atoms with Crippen molar-refractivity contribution in [3.63, 3.8) is 0 Å². The van der Waals surface area contributed by atoms with Crippen molar-refractivity contribution in [3.05, 3.63) is 53.8 Å². The van der Waals surface area contributed by atoms with E-state index >= 15 is 0 Å². The van der Waals surface area contributed by atoms with Crippen LogP contribution in [-0.2, 0) is 0 Å². The van der Waals surface area contributed by atoms with Gasteiger partial charge in [0.15, 0.2) is 17.5 Å². The van der Waals surface area contributed by atoms with E-state index in [-0.39, 0.29) is 11.9 Å². The van der Waals surface area contributed by atoms with Crippen molar-refractivity contribution < 1.29 is 13.9 Å². The fourth-order valence-corrected chi connectivity index (χ4v) is 2.82. The lowest BCUT2D eigenvalue weighted by Crippen LogP contribution is -2.32. The molecule has 0 spiro atoms. The quantitative estimate of drug-likeness (QED) is 0.535. The van der Waals surface area contributed by atoms with Crippen LogP contribution in [0.1, 0.15) is 18.5 Å². The first kappa shape index (κ1) is 21.5. The summed E-state index contributed by atoms with van der Waals surface area (Å²) >= 11 is 0. The van der Waals surface area contributed by atoms with Gasteiger partial charge in [-0.15, -0.1) is 0 Å². The van der Waals surface area contributed by atoms with Crippen LogP contribution in [0, 0.1) is 5.82 Å². The number of hydrogen-bond acceptors (Lipinski definition) is 4. The number of aliphatic imine (C=N–C) groups is 1. The molecule has 0 aliphatic heterocycles. The summed E-state index contributed by atoms with van der Waals surface area (Å²) in [5.74, 6) is 1.68. The summed E-state index contributed by atoms with van der Waals surface area (Å²) in [4.78, 5) is 6.72. The van der Waals surface area contributed by atoms with Gasteiger partial charge in [-0.05, 0) is 50.8 Å². The average Bonchev–Trinajstić information content (AvgIpc) is 2.68. The molecule has 2 rings (SSSR count). The van der Waals surface area contributed by atoms with E-state index in [0.717, 1.165) is 11.3 Å². The first-order valence-electron chi connectivity index (χ1n) is 9.17. The average molecular weight is 388 g/mol. The molecule has 0 radical (unpaired) electrons. The molecule has 0 fully saturated rings. The van der Waals surface area contributed by atoms with Crippen LogP contribution < -0.4 is 20.1 Å². The third kappa shape index (κ3) is 5.85. The molecule has 0 saturated carbocycles. The molecule has 2 aromatic rings. The van der Waals surface area contributed by atoms with Gasteiger partial charge in [0, 0.05) is 18.3 Å². The molecule has 0 aromatic heterocycles. The van der Waals surface area contributed by atoms with E-state index in [1.165, 1.54) is 6.07 Å². The maximum absolute atomic E-state index is 13.6. The summed E-state index contributed by atoms with van der Waals surface area (Å²) in [6.45, 7) is 3.19. The molecule has 0 saturated heterocycles. The monoisotopic (exact) mass is 388 g/mol. The lowest BCUT2D eigenvalue weighted by molar-refractivity contribution is 0.305. The molecular weight excluding hydrogens is 359 g/mol. The van der Waals surface area contributed by atoms with Gasteiger partial charge < -0.3 is 25.0 Å². The normalized spacial score (nSPS) is 12.6. The Morgan fingerprint density at radius 3 is 2.46 bits per heavy atom. The number of nitrogens with one attached hydrogen (secondary N) is 2. The van der Waals surface area contributed by atoms with Crippen molar-refractivity contribution in [2.24, 2.45) is 4.99 Å². The summed E-state index contributed by atoms with van der Waals surface area (Å²) in [6.07, 6.45) is 0. The van der Waals surface area contributed by atoms with Gasteiger partial charge in [0.1, 0.15) is 5.82 Å². The zero-order valence-electron chi connectivity index (χ0n) is 17.1. The third-order valence-electron chi connectivity index (χ3n) is 4.27. The van der Waals surface area contributed by atoms with Crippen LogP contribution >= 0.6 is 0 Å². The lowest BCUT2D eigenvalue weighted by Gasteiger charge is -2.24. The second-order valence-electron chi connectivity index (χ2n) is 6.45. The van der Waals surface area contributed by atoms with Gasteiger partial charge in [0.2, 0.25) is 0 Å². The predicted molar refractivity (Wildman–Crippen MR) is 112 cm³/mol. The third-order valence-corrected chi connectivity index (χ3v) is 4.27. The topological polar surface area (TPSA) is 58.1 Å². The number of ether oxygens (including phenoxy) is 2. The van der Waals surface area contributed by atoms with Crippen molar-refractivity contribution >= 4 is 11.6 Å². The van der Waals surface area contributed by atoms with Gasteiger partial charge in [-0.3, -0.25) is 4.99 Å². The number of anilines is 1. The highest BCUT2D eigenvalue weighted by Gasteiger charge is 2.15. The number of likely N-dealkylation sites (N-methyl/N-ethyl adjacent to an activating group) is 1. The Balaban J connectivity index is 2.20. The Hall–Kier alpha value is -2.80. The van der Waals surface area contributed by atoms with E-state index in [1.807, 2.05) is 50.2 Å². The van der Waals surface area contributed by atoms with Gasteiger partial charge >= 0.3 is 0 Å². The molecule has 0 aliphatic carbocycles. The zero-order chi connectivity index (χ0) is 20.5. The van der Waals surface area contributed by atoms with E-state index in [4.69, 9.17) is 14.5 Å². The Bertz CT molecular complexity index is 796. The van der Waals surface area contributed by atoms with Crippen molar-refractivity contribution in [3.8, 4) is 11.5 Å². The van der Waals surface area contributed by atoms with Crippen LogP contribution in [-0.4, -0.2) is 52.3 Å². The number of benzene rings is 2. The lowest BCUT2D eigenvalue weighted by atomic mass is 10.1. The molecule has 2 N–H and O–H groups in total. The number of methoxy groups -OCH3 is 2. The fourth-order valence-electron chi connectivity index (χ4n) is 2.82. The first-order valence-corrected chi connectivity index (χ1v) is 9.17. The smallest absolute Gasteiger partial charge is 0.195 e. The van der Waals surface area contributed by atoms with Crippen LogP contribution in [0.4, 0.5) is 10.1 Å². The molecule has 7 heteroatoms. The number of halogens is 1. The molecule has 0 bridgehead atoms. The van der Waals surface area contributed by atoms with E-state index in [9.17, 15) is 4.39 Å². The molecular formula is C21H29FN4O2. The van der Waals surface area contributed by atoms with Gasteiger partial charge in [-0.1, -0.05) is 12.1 Å². The molecule has 28 heavy (non-hydrogen) atoms. The maximum atomic E-state index is 13.6. The van der Waals surface area contributed by atoms with Crippen LogP contribution in [0.2, 0.25) is 0 Å². The van der Waals surface area contributed by atoms with Gasteiger partial charge in [0.05, 0.1) is 26.8 Å². The summed E-state index contributed by atoms with van der Waals surface area (Å²) in [5.41, 5.74) is 1.71.